The van der Waals surface area contributed by atoms with Gasteiger partial charge in [-0.25, -0.2) is 0 Å². The Bertz CT molecular complexity index is 1680. The Labute approximate surface area is 219 Å². The Hall–Kier alpha value is -3.46. The van der Waals surface area contributed by atoms with Crippen LogP contribution in [0.25, 0.3) is 11.0 Å². The Morgan fingerprint density at radius 3 is 2.56 bits per heavy atom. The minimum atomic E-state index is -0.664. The second-order valence-electron chi connectivity index (χ2n) is 8.39. The van der Waals surface area contributed by atoms with Gasteiger partial charge in [0.05, 0.1) is 17.0 Å². The van der Waals surface area contributed by atoms with Crippen molar-refractivity contribution in [3.8, 4) is 0 Å². The number of para-hydroxylation sites is 1. The zero-order valence-corrected chi connectivity index (χ0v) is 21.4. The van der Waals surface area contributed by atoms with Crippen LogP contribution in [0.3, 0.4) is 0 Å². The predicted molar refractivity (Wildman–Crippen MR) is 143 cm³/mol. The van der Waals surface area contributed by atoms with Gasteiger partial charge < -0.3 is 4.42 Å². The van der Waals surface area contributed by atoms with Gasteiger partial charge in [0.15, 0.2) is 9.77 Å². The number of aromatic nitrogens is 2. The van der Waals surface area contributed by atoms with Crippen molar-refractivity contribution >= 4 is 56.7 Å². The molecule has 0 radical (unpaired) electrons. The number of benzene rings is 3. The number of thioether (sulfide) groups is 1. The molecule has 0 aliphatic carbocycles. The average molecular weight is 532 g/mol. The minimum Gasteiger partial charge on any atom is -0.450 e. The first-order chi connectivity index (χ1) is 17.5. The largest absolute Gasteiger partial charge is 0.450 e. The van der Waals surface area contributed by atoms with E-state index in [1.807, 2.05) is 55.5 Å². The van der Waals surface area contributed by atoms with Gasteiger partial charge in [0.25, 0.3) is 5.91 Å². The Morgan fingerprint density at radius 1 is 1.00 bits per heavy atom. The Kier molecular flexibility index (Phi) is 5.87. The van der Waals surface area contributed by atoms with Crippen molar-refractivity contribution in [3.63, 3.8) is 0 Å². The fourth-order valence-electron chi connectivity index (χ4n) is 4.29. The van der Waals surface area contributed by atoms with Crippen molar-refractivity contribution < 1.29 is 9.21 Å². The summed E-state index contributed by atoms with van der Waals surface area (Å²) in [7, 11) is 0. The summed E-state index contributed by atoms with van der Waals surface area (Å²) in [4.78, 5) is 28.8. The van der Waals surface area contributed by atoms with Crippen molar-refractivity contribution in [1.82, 2.24) is 10.2 Å². The van der Waals surface area contributed by atoms with Gasteiger partial charge in [-0.05, 0) is 36.2 Å². The first-order valence-electron chi connectivity index (χ1n) is 11.2. The summed E-state index contributed by atoms with van der Waals surface area (Å²) in [5, 5.41) is 10.2. The number of fused-ring (bicyclic) bond motifs is 2. The number of rotatable bonds is 5. The molecule has 1 aliphatic rings. The molecule has 0 spiro atoms. The summed E-state index contributed by atoms with van der Waals surface area (Å²) in [6.07, 6.45) is 0. The monoisotopic (exact) mass is 531 g/mol. The van der Waals surface area contributed by atoms with E-state index in [0.717, 1.165) is 16.7 Å². The maximum absolute atomic E-state index is 13.7. The van der Waals surface area contributed by atoms with Crippen LogP contribution in [0.2, 0.25) is 5.02 Å². The molecule has 1 atom stereocenters. The van der Waals surface area contributed by atoms with E-state index < -0.39 is 11.9 Å². The van der Waals surface area contributed by atoms with Crippen molar-refractivity contribution in [2.24, 2.45) is 0 Å². The summed E-state index contributed by atoms with van der Waals surface area (Å²) in [5.74, 6) is 0.261. The lowest BCUT2D eigenvalue weighted by atomic mass is 9.98. The van der Waals surface area contributed by atoms with Crippen molar-refractivity contribution in [1.29, 1.82) is 0 Å². The number of hydrogen-bond acceptors (Lipinski definition) is 7. The highest BCUT2D eigenvalue weighted by atomic mass is 35.5. The van der Waals surface area contributed by atoms with Gasteiger partial charge in [0, 0.05) is 10.8 Å². The van der Waals surface area contributed by atoms with Crippen LogP contribution in [0.1, 0.15) is 38.9 Å². The Morgan fingerprint density at radius 2 is 1.75 bits per heavy atom. The molecule has 3 aromatic carbocycles. The van der Waals surface area contributed by atoms with Gasteiger partial charge in [-0.1, -0.05) is 94.9 Å². The molecular weight excluding hydrogens is 514 g/mol. The molecule has 3 heterocycles. The van der Waals surface area contributed by atoms with E-state index in [1.54, 1.807) is 24.3 Å². The van der Waals surface area contributed by atoms with Crippen molar-refractivity contribution in [2.45, 2.75) is 23.1 Å². The zero-order valence-electron chi connectivity index (χ0n) is 19.0. The van der Waals surface area contributed by atoms with Crippen LogP contribution >= 0.6 is 34.7 Å². The summed E-state index contributed by atoms with van der Waals surface area (Å²) < 4.78 is 6.69. The number of carbonyl (C=O) groups is 1. The molecule has 0 bridgehead atoms. The molecule has 0 saturated carbocycles. The third-order valence-corrected chi connectivity index (χ3v) is 8.55. The molecule has 1 amide bonds. The molecule has 0 N–H and O–H groups in total. The van der Waals surface area contributed by atoms with E-state index in [4.69, 9.17) is 16.0 Å². The van der Waals surface area contributed by atoms with E-state index in [9.17, 15) is 9.59 Å². The van der Waals surface area contributed by atoms with E-state index in [2.05, 4.69) is 10.2 Å². The first kappa shape index (κ1) is 23.0. The van der Waals surface area contributed by atoms with Crippen LogP contribution in [0.15, 0.2) is 86.3 Å². The maximum Gasteiger partial charge on any atom is 0.297 e. The highest BCUT2D eigenvalue weighted by Crippen LogP contribution is 2.43. The molecule has 36 heavy (non-hydrogen) atoms. The highest BCUT2D eigenvalue weighted by molar-refractivity contribution is 8.00. The smallest absolute Gasteiger partial charge is 0.297 e. The van der Waals surface area contributed by atoms with Crippen LogP contribution in [0.4, 0.5) is 5.13 Å². The standard InChI is InChI=1S/C27H18ClN3O3S2/c1-15-10-12-16(13-11-15)22-21-23(32)18-7-3-5-9-20(18)34-24(21)25(33)31(22)26-29-30-27(36-26)35-14-17-6-2-4-8-19(17)28/h2-13,22H,14H2,1H3. The summed E-state index contributed by atoms with van der Waals surface area (Å²) in [5.41, 5.74) is 3.36. The summed E-state index contributed by atoms with van der Waals surface area (Å²) >= 11 is 9.08. The number of halogens is 1. The molecule has 2 aromatic heterocycles. The van der Waals surface area contributed by atoms with Crippen molar-refractivity contribution in [2.75, 3.05) is 4.90 Å². The van der Waals surface area contributed by atoms with E-state index in [0.29, 0.717) is 36.8 Å². The van der Waals surface area contributed by atoms with Gasteiger partial charge in [0.2, 0.25) is 10.9 Å². The van der Waals surface area contributed by atoms with Crippen molar-refractivity contribution in [3.05, 3.63) is 116 Å². The first-order valence-corrected chi connectivity index (χ1v) is 13.3. The van der Waals surface area contributed by atoms with E-state index in [-0.39, 0.29) is 11.2 Å². The third kappa shape index (κ3) is 3.91. The zero-order chi connectivity index (χ0) is 24.8. The molecular formula is C27H18ClN3O3S2. The number of hydrogen-bond donors (Lipinski definition) is 0. The molecule has 6 rings (SSSR count). The summed E-state index contributed by atoms with van der Waals surface area (Å²) in [6.45, 7) is 1.99. The van der Waals surface area contributed by atoms with Crippen LogP contribution in [0, 0.1) is 6.92 Å². The number of aryl methyl sites for hydroxylation is 1. The maximum atomic E-state index is 13.7. The third-order valence-electron chi connectivity index (χ3n) is 6.08. The van der Waals surface area contributed by atoms with Gasteiger partial charge in [-0.3, -0.25) is 14.5 Å². The Balaban J connectivity index is 1.43. The highest BCUT2D eigenvalue weighted by Gasteiger charge is 2.45. The topological polar surface area (TPSA) is 76.3 Å². The second-order valence-corrected chi connectivity index (χ2v) is 11.0. The molecule has 5 aromatic rings. The molecule has 9 heteroatoms. The van der Waals surface area contributed by atoms with Crippen LogP contribution in [-0.4, -0.2) is 16.1 Å². The van der Waals surface area contributed by atoms with Crippen LogP contribution in [0.5, 0.6) is 0 Å². The van der Waals surface area contributed by atoms with Gasteiger partial charge >= 0.3 is 0 Å². The van der Waals surface area contributed by atoms with E-state index in [1.165, 1.54) is 28.0 Å². The molecule has 0 saturated heterocycles. The SMILES string of the molecule is Cc1ccc(C2c3c(oc4ccccc4c3=O)C(=O)N2c2nnc(SCc3ccccc3Cl)s2)cc1. The lowest BCUT2D eigenvalue weighted by Gasteiger charge is -2.22. The lowest BCUT2D eigenvalue weighted by molar-refractivity contribution is 0.0970. The normalized spacial score (nSPS) is 15.0. The lowest BCUT2D eigenvalue weighted by Crippen LogP contribution is -2.29. The quantitative estimate of drug-likeness (QED) is 0.187. The van der Waals surface area contributed by atoms with Gasteiger partial charge in [-0.2, -0.15) is 0 Å². The van der Waals surface area contributed by atoms with Crippen LogP contribution < -0.4 is 10.3 Å². The predicted octanol–water partition coefficient (Wildman–Crippen LogP) is 6.65. The molecule has 1 unspecified atom stereocenters. The molecule has 178 valence electrons. The molecule has 0 fully saturated rings. The molecule has 6 nitrogen and oxygen atoms in total. The van der Waals surface area contributed by atoms with Gasteiger partial charge in [-0.15, -0.1) is 10.2 Å². The average Bonchev–Trinajstić information content (AvgIpc) is 3.47. The minimum absolute atomic E-state index is 0.0461. The summed E-state index contributed by atoms with van der Waals surface area (Å²) in [6, 6.07) is 21.7. The fraction of sp³-hybridized carbons (Fsp3) is 0.111. The van der Waals surface area contributed by atoms with Crippen LogP contribution in [-0.2, 0) is 5.75 Å². The molecule has 1 aliphatic heterocycles. The number of carbonyl (C=O) groups excluding carboxylic acids is 1. The van der Waals surface area contributed by atoms with E-state index >= 15 is 0 Å². The number of nitrogens with zero attached hydrogens (tertiary/aromatic N) is 3. The number of amides is 1. The fourth-order valence-corrected chi connectivity index (χ4v) is 6.45. The van der Waals surface area contributed by atoms with Gasteiger partial charge in [0.1, 0.15) is 5.58 Å². The number of anilines is 1. The second kappa shape index (κ2) is 9.20.